The van der Waals surface area contributed by atoms with Gasteiger partial charge in [-0.05, 0) is 26.0 Å². The number of benzene rings is 2. The third kappa shape index (κ3) is 4.54. The number of carbonyl (C=O) groups excluding carboxylic acids is 1. The average Bonchev–Trinajstić information content (AvgIpc) is 3.13. The molecular weight excluding hydrogens is 352 g/mol. The molecule has 0 bridgehead atoms. The minimum absolute atomic E-state index is 0.00556. The lowest BCUT2D eigenvalue weighted by Crippen LogP contribution is -3.12. The SMILES string of the molecule is CC[NH+](CC)[C@H](CNC(=O)Cc1coc2cc(OC)ccc12)c1ccccc1. The molecule has 0 radical (unpaired) electrons. The van der Waals surface area contributed by atoms with Crippen LogP contribution in [0.4, 0.5) is 0 Å². The van der Waals surface area contributed by atoms with E-state index in [2.05, 4.69) is 43.4 Å². The van der Waals surface area contributed by atoms with Gasteiger partial charge in [0.25, 0.3) is 0 Å². The highest BCUT2D eigenvalue weighted by Crippen LogP contribution is 2.25. The van der Waals surface area contributed by atoms with E-state index in [1.807, 2.05) is 24.3 Å². The molecule has 0 aliphatic carbocycles. The van der Waals surface area contributed by atoms with Gasteiger partial charge in [0.1, 0.15) is 17.4 Å². The highest BCUT2D eigenvalue weighted by molar-refractivity contribution is 5.88. The van der Waals surface area contributed by atoms with Gasteiger partial charge in [0.2, 0.25) is 5.91 Å². The number of hydrogen-bond acceptors (Lipinski definition) is 3. The third-order valence-corrected chi connectivity index (χ3v) is 5.32. The summed E-state index contributed by atoms with van der Waals surface area (Å²) in [7, 11) is 1.62. The molecule has 1 heterocycles. The van der Waals surface area contributed by atoms with E-state index in [1.165, 1.54) is 10.5 Å². The highest BCUT2D eigenvalue weighted by Gasteiger charge is 2.22. The van der Waals surface area contributed by atoms with E-state index in [-0.39, 0.29) is 11.9 Å². The minimum Gasteiger partial charge on any atom is -0.497 e. The fourth-order valence-corrected chi connectivity index (χ4v) is 3.70. The average molecular weight is 381 g/mol. The lowest BCUT2D eigenvalue weighted by molar-refractivity contribution is -0.927. The van der Waals surface area contributed by atoms with Crippen molar-refractivity contribution in [3.05, 3.63) is 65.9 Å². The summed E-state index contributed by atoms with van der Waals surface area (Å²) in [4.78, 5) is 14.1. The largest absolute Gasteiger partial charge is 0.497 e. The van der Waals surface area contributed by atoms with Crippen LogP contribution in [0.5, 0.6) is 5.75 Å². The van der Waals surface area contributed by atoms with Crippen LogP contribution in [0.15, 0.2) is 59.2 Å². The number of hydrogen-bond donors (Lipinski definition) is 2. The van der Waals surface area contributed by atoms with Crippen LogP contribution < -0.4 is 15.0 Å². The van der Waals surface area contributed by atoms with Gasteiger partial charge in [-0.3, -0.25) is 4.79 Å². The number of methoxy groups -OCH3 is 1. The molecule has 28 heavy (non-hydrogen) atoms. The fraction of sp³-hybridized carbons (Fsp3) is 0.348. The normalized spacial score (nSPS) is 12.3. The predicted octanol–water partition coefficient (Wildman–Crippen LogP) is 2.77. The second kappa shape index (κ2) is 9.42. The molecule has 0 unspecified atom stereocenters. The van der Waals surface area contributed by atoms with Crippen molar-refractivity contribution in [3.63, 3.8) is 0 Å². The first-order chi connectivity index (χ1) is 13.7. The van der Waals surface area contributed by atoms with E-state index in [9.17, 15) is 4.79 Å². The maximum Gasteiger partial charge on any atom is 0.224 e. The number of quaternary nitrogens is 1. The van der Waals surface area contributed by atoms with Gasteiger partial charge < -0.3 is 19.4 Å². The highest BCUT2D eigenvalue weighted by atomic mass is 16.5. The summed E-state index contributed by atoms with van der Waals surface area (Å²) in [6.07, 6.45) is 1.96. The molecule has 2 aromatic carbocycles. The molecule has 148 valence electrons. The molecule has 0 aliphatic rings. The van der Waals surface area contributed by atoms with Crippen molar-refractivity contribution in [1.29, 1.82) is 0 Å². The lowest BCUT2D eigenvalue weighted by atomic mass is 10.0. The molecule has 0 aliphatic heterocycles. The number of rotatable bonds is 9. The van der Waals surface area contributed by atoms with E-state index in [0.717, 1.165) is 35.4 Å². The molecule has 3 aromatic rings. The predicted molar refractivity (Wildman–Crippen MR) is 111 cm³/mol. The van der Waals surface area contributed by atoms with E-state index >= 15 is 0 Å². The van der Waals surface area contributed by atoms with E-state index in [0.29, 0.717) is 13.0 Å². The number of nitrogens with one attached hydrogen (secondary N) is 2. The zero-order chi connectivity index (χ0) is 19.9. The Morgan fingerprint density at radius 1 is 1.14 bits per heavy atom. The van der Waals surface area contributed by atoms with Gasteiger partial charge in [-0.25, -0.2) is 0 Å². The van der Waals surface area contributed by atoms with Gasteiger partial charge >= 0.3 is 0 Å². The zero-order valence-corrected chi connectivity index (χ0v) is 16.8. The molecule has 1 aromatic heterocycles. The van der Waals surface area contributed by atoms with Crippen molar-refractivity contribution < 1.29 is 18.8 Å². The van der Waals surface area contributed by atoms with Gasteiger partial charge in [0.05, 0.1) is 39.4 Å². The topological polar surface area (TPSA) is 55.9 Å². The van der Waals surface area contributed by atoms with Crippen LogP contribution >= 0.6 is 0 Å². The summed E-state index contributed by atoms with van der Waals surface area (Å²) in [6.45, 7) is 7.01. The second-order valence-corrected chi connectivity index (χ2v) is 6.93. The molecule has 1 atom stereocenters. The Morgan fingerprint density at radius 3 is 2.57 bits per heavy atom. The summed E-state index contributed by atoms with van der Waals surface area (Å²) in [5.41, 5.74) is 2.88. The molecule has 5 nitrogen and oxygen atoms in total. The van der Waals surface area contributed by atoms with Crippen molar-refractivity contribution in [2.75, 3.05) is 26.7 Å². The van der Waals surface area contributed by atoms with E-state index in [4.69, 9.17) is 9.15 Å². The van der Waals surface area contributed by atoms with Gasteiger partial charge in [-0.1, -0.05) is 30.3 Å². The zero-order valence-electron chi connectivity index (χ0n) is 16.8. The van der Waals surface area contributed by atoms with Gasteiger partial charge in [0.15, 0.2) is 0 Å². The third-order valence-electron chi connectivity index (χ3n) is 5.32. The Morgan fingerprint density at radius 2 is 1.89 bits per heavy atom. The number of likely N-dealkylation sites (N-methyl/N-ethyl adjacent to an activating group) is 1. The van der Waals surface area contributed by atoms with E-state index < -0.39 is 0 Å². The molecule has 0 saturated heterocycles. The van der Waals surface area contributed by atoms with Crippen LogP contribution in [-0.2, 0) is 11.2 Å². The van der Waals surface area contributed by atoms with Gasteiger partial charge in [-0.2, -0.15) is 0 Å². The minimum atomic E-state index is 0.00556. The number of carbonyl (C=O) groups is 1. The van der Waals surface area contributed by atoms with Crippen LogP contribution in [0, 0.1) is 0 Å². The van der Waals surface area contributed by atoms with Gasteiger partial charge in [0, 0.05) is 22.6 Å². The van der Waals surface area contributed by atoms with Crippen molar-refractivity contribution in [2.45, 2.75) is 26.3 Å². The maximum absolute atomic E-state index is 12.6. The number of furan rings is 1. The number of fused-ring (bicyclic) bond motifs is 1. The van der Waals surface area contributed by atoms with Crippen LogP contribution in [0.1, 0.15) is 31.0 Å². The molecule has 0 saturated carbocycles. The standard InChI is InChI=1S/C23H28N2O3/c1-4-25(5-2)21(17-9-7-6-8-10-17)15-24-23(26)13-18-16-28-22-14-19(27-3)11-12-20(18)22/h6-12,14,16,21H,4-5,13,15H2,1-3H3,(H,24,26)/p+1/t21-/m1/s1. The fourth-order valence-electron chi connectivity index (χ4n) is 3.70. The summed E-state index contributed by atoms with van der Waals surface area (Å²) in [5.74, 6) is 0.747. The molecule has 5 heteroatoms. The summed E-state index contributed by atoms with van der Waals surface area (Å²) >= 11 is 0. The molecular formula is C23H29N2O3+. The van der Waals surface area contributed by atoms with Crippen LogP contribution in [0.25, 0.3) is 11.0 Å². The summed E-state index contributed by atoms with van der Waals surface area (Å²) in [5, 5.41) is 4.08. The summed E-state index contributed by atoms with van der Waals surface area (Å²) < 4.78 is 10.8. The quantitative estimate of drug-likeness (QED) is 0.599. The van der Waals surface area contributed by atoms with Gasteiger partial charge in [-0.15, -0.1) is 0 Å². The lowest BCUT2D eigenvalue weighted by Gasteiger charge is -2.27. The Balaban J connectivity index is 1.68. The van der Waals surface area contributed by atoms with Crippen molar-refractivity contribution in [3.8, 4) is 5.75 Å². The molecule has 0 fully saturated rings. The molecule has 0 spiro atoms. The number of amides is 1. The van der Waals surface area contributed by atoms with E-state index in [1.54, 1.807) is 13.4 Å². The van der Waals surface area contributed by atoms with Crippen LogP contribution in [0.3, 0.4) is 0 Å². The maximum atomic E-state index is 12.6. The molecule has 2 N–H and O–H groups in total. The van der Waals surface area contributed by atoms with Crippen molar-refractivity contribution >= 4 is 16.9 Å². The molecule has 3 rings (SSSR count). The summed E-state index contributed by atoms with van der Waals surface area (Å²) in [6, 6.07) is 16.3. The Kier molecular flexibility index (Phi) is 6.71. The van der Waals surface area contributed by atoms with Crippen molar-refractivity contribution in [1.82, 2.24) is 5.32 Å². The molecule has 1 amide bonds. The first-order valence-electron chi connectivity index (χ1n) is 9.86. The number of ether oxygens (including phenoxy) is 1. The van der Waals surface area contributed by atoms with Crippen LogP contribution in [0.2, 0.25) is 0 Å². The Hall–Kier alpha value is -2.79. The first-order valence-corrected chi connectivity index (χ1v) is 9.86. The Labute approximate surface area is 166 Å². The van der Waals surface area contributed by atoms with Crippen LogP contribution in [-0.4, -0.2) is 32.7 Å². The monoisotopic (exact) mass is 381 g/mol. The first kappa shape index (κ1) is 20.0. The van der Waals surface area contributed by atoms with Crippen molar-refractivity contribution in [2.24, 2.45) is 0 Å². The Bertz CT molecular complexity index is 901. The second-order valence-electron chi connectivity index (χ2n) is 6.93. The smallest absolute Gasteiger partial charge is 0.224 e.